The summed E-state index contributed by atoms with van der Waals surface area (Å²) < 4.78 is 3.28. The number of aryl methyl sites for hydroxylation is 1. The molecule has 0 aliphatic heterocycles. The molecular weight excluding hydrogens is 254 g/mol. The quantitative estimate of drug-likeness (QED) is 0.928. The van der Waals surface area contributed by atoms with E-state index in [4.69, 9.17) is 5.73 Å². The molecule has 3 nitrogen and oxygen atoms in total. The van der Waals surface area contributed by atoms with Crippen molar-refractivity contribution in [2.24, 2.45) is 5.73 Å². The number of aromatic nitrogens is 2. The van der Waals surface area contributed by atoms with E-state index in [2.05, 4.69) is 38.5 Å². The number of hydrogen-bond donors (Lipinski definition) is 1. The molecule has 1 aromatic heterocycles. The first-order valence-corrected chi connectivity index (χ1v) is 5.90. The van der Waals surface area contributed by atoms with Crippen molar-refractivity contribution in [1.29, 1.82) is 0 Å². The van der Waals surface area contributed by atoms with E-state index in [9.17, 15) is 0 Å². The first-order valence-electron chi connectivity index (χ1n) is 5.11. The SMILES string of the molecule is CCn1c(CCN)nc2cc(Br)ccc21. The smallest absolute Gasteiger partial charge is 0.111 e. The summed E-state index contributed by atoms with van der Waals surface area (Å²) in [4.78, 5) is 4.59. The van der Waals surface area contributed by atoms with Crippen molar-refractivity contribution in [2.75, 3.05) is 6.54 Å². The van der Waals surface area contributed by atoms with E-state index in [1.165, 1.54) is 5.52 Å². The van der Waals surface area contributed by atoms with Crippen molar-refractivity contribution in [3.63, 3.8) is 0 Å². The summed E-state index contributed by atoms with van der Waals surface area (Å²) in [6.07, 6.45) is 0.833. The summed E-state index contributed by atoms with van der Waals surface area (Å²) in [5.74, 6) is 1.08. The normalized spacial score (nSPS) is 11.1. The number of rotatable bonds is 3. The topological polar surface area (TPSA) is 43.8 Å². The number of halogens is 1. The summed E-state index contributed by atoms with van der Waals surface area (Å²) >= 11 is 3.45. The molecule has 15 heavy (non-hydrogen) atoms. The van der Waals surface area contributed by atoms with Crippen LogP contribution in [0.2, 0.25) is 0 Å². The first kappa shape index (κ1) is 10.6. The largest absolute Gasteiger partial charge is 0.330 e. The first-order chi connectivity index (χ1) is 7.26. The van der Waals surface area contributed by atoms with Crippen LogP contribution in [0.1, 0.15) is 12.7 Å². The molecule has 0 saturated heterocycles. The van der Waals surface area contributed by atoms with E-state index in [-0.39, 0.29) is 0 Å². The molecule has 1 heterocycles. The van der Waals surface area contributed by atoms with Gasteiger partial charge in [-0.1, -0.05) is 15.9 Å². The molecule has 80 valence electrons. The number of benzene rings is 1. The van der Waals surface area contributed by atoms with Crippen molar-refractivity contribution in [1.82, 2.24) is 9.55 Å². The molecule has 0 aliphatic carbocycles. The minimum Gasteiger partial charge on any atom is -0.330 e. The van der Waals surface area contributed by atoms with E-state index in [1.807, 2.05) is 12.1 Å². The summed E-state index contributed by atoms with van der Waals surface area (Å²) in [5.41, 5.74) is 7.79. The molecule has 0 radical (unpaired) electrons. The Morgan fingerprint density at radius 3 is 2.93 bits per heavy atom. The van der Waals surface area contributed by atoms with Gasteiger partial charge in [0.05, 0.1) is 11.0 Å². The van der Waals surface area contributed by atoms with E-state index in [0.717, 1.165) is 28.8 Å². The zero-order chi connectivity index (χ0) is 10.8. The molecule has 2 N–H and O–H groups in total. The Kier molecular flexibility index (Phi) is 3.07. The number of fused-ring (bicyclic) bond motifs is 1. The highest BCUT2D eigenvalue weighted by atomic mass is 79.9. The third-order valence-corrected chi connectivity index (χ3v) is 2.97. The molecule has 0 fully saturated rings. The maximum absolute atomic E-state index is 5.57. The molecule has 0 aliphatic rings. The van der Waals surface area contributed by atoms with Crippen molar-refractivity contribution >= 4 is 27.0 Å². The van der Waals surface area contributed by atoms with Gasteiger partial charge in [-0.05, 0) is 31.7 Å². The minimum atomic E-state index is 0.643. The van der Waals surface area contributed by atoms with Crippen LogP contribution in [0.15, 0.2) is 22.7 Å². The number of nitrogens with zero attached hydrogens (tertiary/aromatic N) is 2. The van der Waals surface area contributed by atoms with Gasteiger partial charge in [-0.2, -0.15) is 0 Å². The second-order valence-corrected chi connectivity index (χ2v) is 4.36. The van der Waals surface area contributed by atoms with Crippen LogP contribution in [-0.2, 0) is 13.0 Å². The Bertz CT molecular complexity index is 476. The maximum Gasteiger partial charge on any atom is 0.111 e. The summed E-state index contributed by atoms with van der Waals surface area (Å²) in [7, 11) is 0. The van der Waals surface area contributed by atoms with Gasteiger partial charge in [-0.25, -0.2) is 4.98 Å². The Morgan fingerprint density at radius 1 is 1.47 bits per heavy atom. The lowest BCUT2D eigenvalue weighted by molar-refractivity contribution is 0.711. The number of hydrogen-bond acceptors (Lipinski definition) is 2. The number of imidazole rings is 1. The molecule has 0 unspecified atom stereocenters. The van der Waals surface area contributed by atoms with Gasteiger partial charge in [0.2, 0.25) is 0 Å². The van der Waals surface area contributed by atoms with Gasteiger partial charge in [-0.15, -0.1) is 0 Å². The van der Waals surface area contributed by atoms with Crippen LogP contribution in [-0.4, -0.2) is 16.1 Å². The van der Waals surface area contributed by atoms with Gasteiger partial charge in [0.15, 0.2) is 0 Å². The monoisotopic (exact) mass is 267 g/mol. The molecular formula is C11H14BrN3. The average Bonchev–Trinajstić information content (AvgIpc) is 2.54. The van der Waals surface area contributed by atoms with E-state index in [0.29, 0.717) is 6.54 Å². The standard InChI is InChI=1S/C11H14BrN3/c1-2-15-10-4-3-8(12)7-9(10)14-11(15)5-6-13/h3-4,7H,2,5-6,13H2,1H3. The highest BCUT2D eigenvalue weighted by Crippen LogP contribution is 2.20. The van der Waals surface area contributed by atoms with E-state index < -0.39 is 0 Å². The van der Waals surface area contributed by atoms with Gasteiger partial charge in [-0.3, -0.25) is 0 Å². The number of nitrogens with two attached hydrogens (primary N) is 1. The molecule has 0 bridgehead atoms. The molecule has 0 spiro atoms. The fraction of sp³-hybridized carbons (Fsp3) is 0.364. The summed E-state index contributed by atoms with van der Waals surface area (Å²) in [6, 6.07) is 6.18. The molecule has 0 saturated carbocycles. The lowest BCUT2D eigenvalue weighted by Gasteiger charge is -2.04. The summed E-state index contributed by atoms with van der Waals surface area (Å²) in [6.45, 7) is 3.71. The van der Waals surface area contributed by atoms with Crippen molar-refractivity contribution < 1.29 is 0 Å². The third kappa shape index (κ3) is 1.92. The third-order valence-electron chi connectivity index (χ3n) is 2.47. The maximum atomic E-state index is 5.57. The molecule has 1 aromatic carbocycles. The second kappa shape index (κ2) is 4.33. The van der Waals surface area contributed by atoms with E-state index >= 15 is 0 Å². The van der Waals surface area contributed by atoms with Crippen LogP contribution in [0, 0.1) is 0 Å². The molecule has 2 aromatic rings. The molecule has 0 atom stereocenters. The fourth-order valence-corrected chi connectivity index (χ4v) is 2.17. The van der Waals surface area contributed by atoms with Crippen molar-refractivity contribution in [3.8, 4) is 0 Å². The second-order valence-electron chi connectivity index (χ2n) is 3.44. The molecule has 2 rings (SSSR count). The van der Waals surface area contributed by atoms with Gasteiger partial charge in [0, 0.05) is 17.4 Å². The minimum absolute atomic E-state index is 0.643. The van der Waals surface area contributed by atoms with Gasteiger partial charge in [0.1, 0.15) is 5.82 Å². The zero-order valence-electron chi connectivity index (χ0n) is 8.70. The summed E-state index contributed by atoms with van der Waals surface area (Å²) in [5, 5.41) is 0. The lowest BCUT2D eigenvalue weighted by Crippen LogP contribution is -2.09. The van der Waals surface area contributed by atoms with Crippen LogP contribution in [0.25, 0.3) is 11.0 Å². The highest BCUT2D eigenvalue weighted by Gasteiger charge is 2.08. The van der Waals surface area contributed by atoms with Crippen molar-refractivity contribution in [3.05, 3.63) is 28.5 Å². The highest BCUT2D eigenvalue weighted by molar-refractivity contribution is 9.10. The average molecular weight is 268 g/mol. The van der Waals surface area contributed by atoms with Crippen LogP contribution in [0.4, 0.5) is 0 Å². The Morgan fingerprint density at radius 2 is 2.27 bits per heavy atom. The lowest BCUT2D eigenvalue weighted by atomic mass is 10.3. The van der Waals surface area contributed by atoms with Crippen LogP contribution in [0.3, 0.4) is 0 Å². The Balaban J connectivity index is 2.62. The van der Waals surface area contributed by atoms with Gasteiger partial charge >= 0.3 is 0 Å². The van der Waals surface area contributed by atoms with Crippen molar-refractivity contribution in [2.45, 2.75) is 19.9 Å². The van der Waals surface area contributed by atoms with Gasteiger partial charge < -0.3 is 10.3 Å². The Labute approximate surface area is 97.4 Å². The van der Waals surface area contributed by atoms with Crippen LogP contribution >= 0.6 is 15.9 Å². The predicted molar refractivity (Wildman–Crippen MR) is 65.9 cm³/mol. The molecule has 0 amide bonds. The molecule has 4 heteroatoms. The van der Waals surface area contributed by atoms with Crippen LogP contribution < -0.4 is 5.73 Å². The van der Waals surface area contributed by atoms with Crippen LogP contribution in [0.5, 0.6) is 0 Å². The predicted octanol–water partition coefficient (Wildman–Crippen LogP) is 2.32. The van der Waals surface area contributed by atoms with E-state index in [1.54, 1.807) is 0 Å². The zero-order valence-corrected chi connectivity index (χ0v) is 10.3. The fourth-order valence-electron chi connectivity index (χ4n) is 1.83. The Hall–Kier alpha value is -0.870. The van der Waals surface area contributed by atoms with Gasteiger partial charge in [0.25, 0.3) is 0 Å².